The fraction of sp³-hybridized carbons (Fsp3) is 0.769. The van der Waals surface area contributed by atoms with E-state index in [-0.39, 0.29) is 17.4 Å². The molecule has 21 heavy (non-hydrogen) atoms. The number of hydrogen-bond acceptors (Lipinski definition) is 5. The average Bonchev–Trinajstić information content (AvgIpc) is 2.80. The summed E-state index contributed by atoms with van der Waals surface area (Å²) in [6.45, 7) is 0.723. The summed E-state index contributed by atoms with van der Waals surface area (Å²) in [6, 6.07) is 0. The second kappa shape index (κ2) is 5.40. The monoisotopic (exact) mass is 313 g/mol. The molecule has 3 heterocycles. The summed E-state index contributed by atoms with van der Waals surface area (Å²) in [5, 5.41) is 17.4. The second-order valence-corrected chi connectivity index (χ2v) is 8.21. The zero-order valence-electron chi connectivity index (χ0n) is 11.7. The largest absolute Gasteiger partial charge is 0.481 e. The predicted molar refractivity (Wildman–Crippen MR) is 74.7 cm³/mol. The third-order valence-electron chi connectivity index (χ3n) is 4.37. The molecule has 0 bridgehead atoms. The van der Waals surface area contributed by atoms with Gasteiger partial charge < -0.3 is 9.67 Å². The van der Waals surface area contributed by atoms with Gasteiger partial charge in [0.05, 0.1) is 11.5 Å². The lowest BCUT2D eigenvalue weighted by Crippen LogP contribution is -2.28. The van der Waals surface area contributed by atoms with E-state index in [1.165, 1.54) is 0 Å². The lowest BCUT2D eigenvalue weighted by Gasteiger charge is -2.24. The Balaban J connectivity index is 1.80. The van der Waals surface area contributed by atoms with Crippen molar-refractivity contribution in [2.45, 2.75) is 44.6 Å². The molecular formula is C13H19N3O4S. The van der Waals surface area contributed by atoms with Crippen molar-refractivity contribution in [3.63, 3.8) is 0 Å². The molecule has 0 saturated carbocycles. The molecule has 116 valence electrons. The molecule has 2 aliphatic rings. The number of aliphatic carboxylic acids is 1. The molecule has 2 atom stereocenters. The van der Waals surface area contributed by atoms with Crippen molar-refractivity contribution in [1.29, 1.82) is 0 Å². The number of aromatic nitrogens is 3. The Kier molecular flexibility index (Phi) is 3.73. The Hall–Kier alpha value is -1.44. The molecule has 1 aromatic rings. The lowest BCUT2D eigenvalue weighted by molar-refractivity contribution is -0.139. The summed E-state index contributed by atoms with van der Waals surface area (Å²) in [5.41, 5.74) is 0. The molecule has 0 spiro atoms. The van der Waals surface area contributed by atoms with Gasteiger partial charge in [0, 0.05) is 13.0 Å². The van der Waals surface area contributed by atoms with Crippen LogP contribution in [0.2, 0.25) is 0 Å². The standard InChI is InChI=1S/C13H19N3O4S/c17-13(18)10-4-1-5-16-11(14-15-12(10)16)7-9-3-2-6-21(19,20)8-9/h9-10H,1-8H2,(H,17,18). The zero-order chi connectivity index (χ0) is 15.0. The summed E-state index contributed by atoms with van der Waals surface area (Å²) in [7, 11) is -2.93. The van der Waals surface area contributed by atoms with Crippen molar-refractivity contribution in [3.05, 3.63) is 11.6 Å². The van der Waals surface area contributed by atoms with Crippen LogP contribution in [0.1, 0.15) is 43.3 Å². The molecule has 0 radical (unpaired) electrons. The molecule has 0 amide bonds. The van der Waals surface area contributed by atoms with Crippen LogP contribution in [0.25, 0.3) is 0 Å². The van der Waals surface area contributed by atoms with Crippen LogP contribution < -0.4 is 0 Å². The van der Waals surface area contributed by atoms with E-state index in [4.69, 9.17) is 0 Å². The van der Waals surface area contributed by atoms with Crippen LogP contribution in [-0.2, 0) is 27.6 Å². The van der Waals surface area contributed by atoms with Crippen LogP contribution in [0.5, 0.6) is 0 Å². The van der Waals surface area contributed by atoms with Crippen LogP contribution >= 0.6 is 0 Å². The Morgan fingerprint density at radius 1 is 1.29 bits per heavy atom. The van der Waals surface area contributed by atoms with E-state index in [9.17, 15) is 18.3 Å². The zero-order valence-corrected chi connectivity index (χ0v) is 12.5. The van der Waals surface area contributed by atoms with Gasteiger partial charge in [-0.3, -0.25) is 4.79 Å². The van der Waals surface area contributed by atoms with Crippen molar-refractivity contribution in [3.8, 4) is 0 Å². The molecule has 2 aliphatic heterocycles. The topological polar surface area (TPSA) is 102 Å². The fourth-order valence-electron chi connectivity index (χ4n) is 3.35. The Morgan fingerprint density at radius 2 is 2.10 bits per heavy atom. The highest BCUT2D eigenvalue weighted by Gasteiger charge is 2.32. The maximum atomic E-state index is 11.7. The van der Waals surface area contributed by atoms with Crippen LogP contribution in [0.3, 0.4) is 0 Å². The van der Waals surface area contributed by atoms with E-state index in [1.54, 1.807) is 0 Å². The van der Waals surface area contributed by atoms with Crippen LogP contribution in [0.15, 0.2) is 0 Å². The quantitative estimate of drug-likeness (QED) is 0.877. The SMILES string of the molecule is O=C(O)C1CCCn2c(CC3CCCS(=O)(=O)C3)nnc21. The number of hydrogen-bond donors (Lipinski definition) is 1. The number of rotatable bonds is 3. The van der Waals surface area contributed by atoms with E-state index >= 15 is 0 Å². The highest BCUT2D eigenvalue weighted by atomic mass is 32.2. The molecule has 7 nitrogen and oxygen atoms in total. The molecule has 0 aliphatic carbocycles. The molecule has 2 unspecified atom stereocenters. The van der Waals surface area contributed by atoms with Crippen molar-refractivity contribution in [2.24, 2.45) is 5.92 Å². The second-order valence-electron chi connectivity index (χ2n) is 5.99. The highest BCUT2D eigenvalue weighted by Crippen LogP contribution is 2.28. The summed E-state index contributed by atoms with van der Waals surface area (Å²) in [4.78, 5) is 11.2. The normalized spacial score (nSPS) is 28.0. The Labute approximate surface area is 123 Å². The van der Waals surface area contributed by atoms with Crippen molar-refractivity contribution in [1.82, 2.24) is 14.8 Å². The van der Waals surface area contributed by atoms with Gasteiger partial charge in [0.2, 0.25) is 0 Å². The van der Waals surface area contributed by atoms with Crippen molar-refractivity contribution < 1.29 is 18.3 Å². The third-order valence-corrected chi connectivity index (χ3v) is 6.26. The molecule has 8 heteroatoms. The minimum atomic E-state index is -2.93. The van der Waals surface area contributed by atoms with Gasteiger partial charge in [0.25, 0.3) is 0 Å². The fourth-order valence-corrected chi connectivity index (χ4v) is 5.13. The minimum absolute atomic E-state index is 0.0715. The van der Waals surface area contributed by atoms with Gasteiger partial charge in [-0.05, 0) is 31.6 Å². The van der Waals surface area contributed by atoms with E-state index in [0.29, 0.717) is 25.1 Å². The van der Waals surface area contributed by atoms with E-state index in [1.807, 2.05) is 4.57 Å². The van der Waals surface area contributed by atoms with E-state index < -0.39 is 21.7 Å². The summed E-state index contributed by atoms with van der Waals surface area (Å²) < 4.78 is 25.3. The Morgan fingerprint density at radius 3 is 2.81 bits per heavy atom. The van der Waals surface area contributed by atoms with Crippen LogP contribution in [0, 0.1) is 5.92 Å². The van der Waals surface area contributed by atoms with Crippen LogP contribution in [0.4, 0.5) is 0 Å². The average molecular weight is 313 g/mol. The van der Waals surface area contributed by atoms with Gasteiger partial charge in [-0.2, -0.15) is 0 Å². The van der Waals surface area contributed by atoms with Gasteiger partial charge in [-0.15, -0.1) is 10.2 Å². The first-order chi connectivity index (χ1) is 9.96. The molecule has 0 aromatic carbocycles. The van der Waals surface area contributed by atoms with Crippen molar-refractivity contribution >= 4 is 15.8 Å². The van der Waals surface area contributed by atoms with Gasteiger partial charge in [-0.1, -0.05) is 0 Å². The molecule has 1 saturated heterocycles. The highest BCUT2D eigenvalue weighted by molar-refractivity contribution is 7.91. The number of carboxylic acid groups (broad SMARTS) is 1. The summed E-state index contributed by atoms with van der Waals surface area (Å²) >= 11 is 0. The number of carbonyl (C=O) groups is 1. The molecule has 1 N–H and O–H groups in total. The van der Waals surface area contributed by atoms with E-state index in [2.05, 4.69) is 10.2 Å². The number of nitrogens with zero attached hydrogens (tertiary/aromatic N) is 3. The predicted octanol–water partition coefficient (Wildman–Crippen LogP) is 0.607. The van der Waals surface area contributed by atoms with Crippen LogP contribution in [-0.4, -0.2) is 45.8 Å². The first-order valence-corrected chi connectivity index (χ1v) is 9.13. The molecular weight excluding hydrogens is 294 g/mol. The molecule has 1 aromatic heterocycles. The van der Waals surface area contributed by atoms with Gasteiger partial charge in [0.15, 0.2) is 9.84 Å². The molecule has 1 fully saturated rings. The summed E-state index contributed by atoms with van der Waals surface area (Å²) in [6.07, 6.45) is 3.53. The van der Waals surface area contributed by atoms with Gasteiger partial charge in [-0.25, -0.2) is 8.42 Å². The minimum Gasteiger partial charge on any atom is -0.481 e. The lowest BCUT2D eigenvalue weighted by atomic mass is 9.98. The van der Waals surface area contributed by atoms with Crippen molar-refractivity contribution in [2.75, 3.05) is 11.5 Å². The number of carboxylic acids is 1. The Bertz CT molecular complexity index is 652. The third kappa shape index (κ3) is 2.95. The van der Waals surface area contributed by atoms with Gasteiger partial charge >= 0.3 is 5.97 Å². The molecule has 3 rings (SSSR count). The number of sulfone groups is 1. The smallest absolute Gasteiger partial charge is 0.314 e. The first-order valence-electron chi connectivity index (χ1n) is 7.31. The summed E-state index contributed by atoms with van der Waals surface area (Å²) in [5.74, 6) is 0.355. The maximum Gasteiger partial charge on any atom is 0.314 e. The first kappa shape index (κ1) is 14.5. The maximum absolute atomic E-state index is 11.7. The van der Waals surface area contributed by atoms with E-state index in [0.717, 1.165) is 25.2 Å². The number of fused-ring (bicyclic) bond motifs is 1. The van der Waals surface area contributed by atoms with Gasteiger partial charge in [0.1, 0.15) is 17.6 Å².